The first-order valence-electron chi connectivity index (χ1n) is 9.97. The maximum absolute atomic E-state index is 12.3. The van der Waals surface area contributed by atoms with Gasteiger partial charge in [-0.3, -0.25) is 4.90 Å². The zero-order chi connectivity index (χ0) is 19.4. The molecule has 148 valence electrons. The van der Waals surface area contributed by atoms with Gasteiger partial charge in [0, 0.05) is 47.6 Å². The fraction of sp³-hybridized carbons (Fsp3) is 0.500. The van der Waals surface area contributed by atoms with Gasteiger partial charge >= 0.3 is 5.97 Å². The Bertz CT molecular complexity index is 963. The van der Waals surface area contributed by atoms with Gasteiger partial charge < -0.3 is 19.2 Å². The molecule has 0 aliphatic carbocycles. The monoisotopic (exact) mass is 382 g/mol. The summed E-state index contributed by atoms with van der Waals surface area (Å²) in [6.45, 7) is 4.07. The Hall–Kier alpha value is -2.47. The summed E-state index contributed by atoms with van der Waals surface area (Å²) in [5.41, 5.74) is 4.49. The van der Waals surface area contributed by atoms with Crippen molar-refractivity contribution < 1.29 is 19.0 Å². The molecule has 1 saturated heterocycles. The lowest BCUT2D eigenvalue weighted by molar-refractivity contribution is -0.139. The van der Waals surface area contributed by atoms with E-state index in [0.717, 1.165) is 37.2 Å². The van der Waals surface area contributed by atoms with Crippen molar-refractivity contribution in [3.63, 3.8) is 0 Å². The van der Waals surface area contributed by atoms with Gasteiger partial charge in [0.05, 0.1) is 38.2 Å². The second-order valence-corrected chi connectivity index (χ2v) is 8.10. The number of aromatic nitrogens is 1. The van der Waals surface area contributed by atoms with E-state index in [2.05, 4.69) is 28.9 Å². The molecule has 1 fully saturated rings. The summed E-state index contributed by atoms with van der Waals surface area (Å²) < 4.78 is 16.2. The number of methoxy groups -OCH3 is 2. The number of fused-ring (bicyclic) bond motifs is 6. The number of ether oxygens (including phenoxy) is 3. The molecular weight excluding hydrogens is 356 g/mol. The molecule has 3 unspecified atom stereocenters. The standard InChI is InChI=1S/C22H26N2O4/c1-12-17-10-24-7-6-15-14-5-4-13(26-2)8-19(14)23-21(15)20(24)9-16(17)18(11-28-12)22(25)27-3/h4-5,8,11-12,16-17,20,23H,6-7,9-10H2,1-3H3/t12-,16?,17?,20?/m1/s1. The van der Waals surface area contributed by atoms with Gasteiger partial charge in [-0.25, -0.2) is 4.79 Å². The summed E-state index contributed by atoms with van der Waals surface area (Å²) in [7, 11) is 3.13. The van der Waals surface area contributed by atoms with Gasteiger partial charge in [-0.15, -0.1) is 0 Å². The molecule has 0 saturated carbocycles. The highest BCUT2D eigenvalue weighted by molar-refractivity contribution is 5.89. The minimum absolute atomic E-state index is 0.104. The molecule has 3 aliphatic rings. The van der Waals surface area contributed by atoms with Crippen LogP contribution in [0.4, 0.5) is 0 Å². The topological polar surface area (TPSA) is 63.8 Å². The van der Waals surface area contributed by atoms with E-state index in [4.69, 9.17) is 14.2 Å². The molecule has 2 aromatic rings. The fourth-order valence-electron chi connectivity index (χ4n) is 5.35. The number of hydrogen-bond donors (Lipinski definition) is 1. The Morgan fingerprint density at radius 2 is 2.18 bits per heavy atom. The van der Waals surface area contributed by atoms with Crippen LogP contribution < -0.4 is 4.74 Å². The van der Waals surface area contributed by atoms with E-state index < -0.39 is 0 Å². The van der Waals surface area contributed by atoms with Crippen molar-refractivity contribution in [1.82, 2.24) is 9.88 Å². The lowest BCUT2D eigenvalue weighted by Gasteiger charge is -2.49. The predicted octanol–water partition coefficient (Wildman–Crippen LogP) is 3.19. The summed E-state index contributed by atoms with van der Waals surface area (Å²) >= 11 is 0. The molecule has 0 radical (unpaired) electrons. The summed E-state index contributed by atoms with van der Waals surface area (Å²) in [5.74, 6) is 1.05. The zero-order valence-electron chi connectivity index (χ0n) is 16.5. The van der Waals surface area contributed by atoms with E-state index >= 15 is 0 Å². The first kappa shape index (κ1) is 17.6. The summed E-state index contributed by atoms with van der Waals surface area (Å²) in [6, 6.07) is 6.53. The third kappa shape index (κ3) is 2.54. The zero-order valence-corrected chi connectivity index (χ0v) is 16.5. The van der Waals surface area contributed by atoms with Crippen molar-refractivity contribution in [2.45, 2.75) is 31.9 Å². The molecule has 0 spiro atoms. The van der Waals surface area contributed by atoms with Crippen molar-refractivity contribution >= 4 is 16.9 Å². The Labute approximate surface area is 164 Å². The number of piperidine rings is 1. The second-order valence-electron chi connectivity index (χ2n) is 8.10. The van der Waals surface area contributed by atoms with E-state index in [1.807, 2.05) is 6.07 Å². The number of carbonyl (C=O) groups is 1. The van der Waals surface area contributed by atoms with Crippen LogP contribution in [-0.4, -0.2) is 49.3 Å². The molecule has 0 bridgehead atoms. The van der Waals surface area contributed by atoms with Crippen molar-refractivity contribution in [3.05, 3.63) is 41.3 Å². The summed E-state index contributed by atoms with van der Waals surface area (Å²) in [6.07, 6.45) is 3.67. The average molecular weight is 382 g/mol. The van der Waals surface area contributed by atoms with Crippen LogP contribution in [0.15, 0.2) is 30.0 Å². The third-order valence-corrected chi connectivity index (χ3v) is 6.84. The molecule has 28 heavy (non-hydrogen) atoms. The lowest BCUT2D eigenvalue weighted by Crippen LogP contribution is -2.51. The van der Waals surface area contributed by atoms with Gasteiger partial charge in [0.25, 0.3) is 0 Å². The molecule has 1 aromatic carbocycles. The molecular formula is C22H26N2O4. The van der Waals surface area contributed by atoms with Crippen molar-refractivity contribution in [2.75, 3.05) is 27.3 Å². The predicted molar refractivity (Wildman–Crippen MR) is 105 cm³/mol. The molecule has 0 amide bonds. The molecule has 4 heterocycles. The minimum atomic E-state index is -0.271. The van der Waals surface area contributed by atoms with Crippen LogP contribution >= 0.6 is 0 Å². The Morgan fingerprint density at radius 1 is 1.32 bits per heavy atom. The van der Waals surface area contributed by atoms with Gasteiger partial charge in [-0.1, -0.05) is 0 Å². The van der Waals surface area contributed by atoms with Gasteiger partial charge in [-0.05, 0) is 37.5 Å². The molecule has 1 N–H and O–H groups in total. The number of nitrogens with one attached hydrogen (secondary N) is 1. The Balaban J connectivity index is 1.54. The lowest BCUT2D eigenvalue weighted by atomic mass is 9.72. The van der Waals surface area contributed by atoms with Crippen LogP contribution in [0.3, 0.4) is 0 Å². The van der Waals surface area contributed by atoms with Crippen LogP contribution in [0.1, 0.15) is 30.6 Å². The highest BCUT2D eigenvalue weighted by atomic mass is 16.5. The fourth-order valence-corrected chi connectivity index (χ4v) is 5.35. The number of esters is 1. The molecule has 4 atom stereocenters. The molecule has 1 aromatic heterocycles. The maximum Gasteiger partial charge on any atom is 0.337 e. The van der Waals surface area contributed by atoms with Crippen LogP contribution in [0.25, 0.3) is 10.9 Å². The van der Waals surface area contributed by atoms with Crippen molar-refractivity contribution in [1.29, 1.82) is 0 Å². The Morgan fingerprint density at radius 3 is 2.96 bits per heavy atom. The molecule has 6 heteroatoms. The van der Waals surface area contributed by atoms with E-state index in [0.29, 0.717) is 11.5 Å². The van der Waals surface area contributed by atoms with Crippen LogP contribution in [0.2, 0.25) is 0 Å². The van der Waals surface area contributed by atoms with Crippen LogP contribution in [0, 0.1) is 11.8 Å². The van der Waals surface area contributed by atoms with Crippen molar-refractivity contribution in [3.8, 4) is 5.75 Å². The molecule has 3 aliphatic heterocycles. The van der Waals surface area contributed by atoms with Gasteiger partial charge in [0.2, 0.25) is 0 Å². The number of carbonyl (C=O) groups excluding carboxylic acids is 1. The highest BCUT2D eigenvalue weighted by Crippen LogP contribution is 2.47. The average Bonchev–Trinajstić information content (AvgIpc) is 3.10. The van der Waals surface area contributed by atoms with Gasteiger partial charge in [0.15, 0.2) is 0 Å². The van der Waals surface area contributed by atoms with E-state index in [1.165, 1.54) is 23.8 Å². The Kier molecular flexibility index (Phi) is 4.12. The SMILES string of the molecule is COC(=O)C1=CO[C@H](C)C2CN3CCc4c([nH]c5cc(OC)ccc45)C3CC12. The van der Waals surface area contributed by atoms with Crippen LogP contribution in [0.5, 0.6) is 5.75 Å². The number of rotatable bonds is 2. The van der Waals surface area contributed by atoms with Crippen molar-refractivity contribution in [2.24, 2.45) is 11.8 Å². The second kappa shape index (κ2) is 6.55. The number of nitrogens with zero attached hydrogens (tertiary/aromatic N) is 1. The first-order valence-corrected chi connectivity index (χ1v) is 9.97. The van der Waals surface area contributed by atoms with E-state index in [9.17, 15) is 4.79 Å². The largest absolute Gasteiger partial charge is 0.497 e. The number of aromatic amines is 1. The normalized spacial score (nSPS) is 29.2. The number of benzene rings is 1. The van der Waals surface area contributed by atoms with E-state index in [1.54, 1.807) is 13.4 Å². The smallest absolute Gasteiger partial charge is 0.337 e. The number of hydrogen-bond acceptors (Lipinski definition) is 5. The quantitative estimate of drug-likeness (QED) is 0.809. The first-order chi connectivity index (χ1) is 13.6. The summed E-state index contributed by atoms with van der Waals surface area (Å²) in [5, 5.41) is 1.28. The highest BCUT2D eigenvalue weighted by Gasteiger charge is 2.46. The molecule has 5 rings (SSSR count). The molecule has 6 nitrogen and oxygen atoms in total. The maximum atomic E-state index is 12.3. The van der Waals surface area contributed by atoms with Gasteiger partial charge in [0.1, 0.15) is 5.75 Å². The third-order valence-electron chi connectivity index (χ3n) is 6.84. The summed E-state index contributed by atoms with van der Waals surface area (Å²) in [4.78, 5) is 18.6. The number of H-pyrrole nitrogens is 1. The van der Waals surface area contributed by atoms with E-state index in [-0.39, 0.29) is 24.0 Å². The minimum Gasteiger partial charge on any atom is -0.497 e. The van der Waals surface area contributed by atoms with Gasteiger partial charge in [-0.2, -0.15) is 0 Å². The van der Waals surface area contributed by atoms with Crippen LogP contribution in [-0.2, 0) is 20.7 Å².